The topological polar surface area (TPSA) is 77.3 Å². The minimum atomic E-state index is -0.0502. The number of fused-ring (bicyclic) bond motifs is 1. The molecule has 7 nitrogen and oxygen atoms in total. The zero-order valence-corrected chi connectivity index (χ0v) is 15.1. The lowest BCUT2D eigenvalue weighted by Crippen LogP contribution is -2.43. The van der Waals surface area contributed by atoms with Gasteiger partial charge in [0.2, 0.25) is 5.91 Å². The predicted molar refractivity (Wildman–Crippen MR) is 98.1 cm³/mol. The van der Waals surface area contributed by atoms with Crippen LogP contribution in [-0.2, 0) is 22.6 Å². The highest BCUT2D eigenvalue weighted by Crippen LogP contribution is 2.24. The molecule has 1 aliphatic heterocycles. The van der Waals surface area contributed by atoms with Gasteiger partial charge in [-0.15, -0.1) is 0 Å². The predicted octanol–water partition coefficient (Wildman–Crippen LogP) is 1.47. The fraction of sp³-hybridized carbons (Fsp3) is 0.556. The van der Waals surface area contributed by atoms with Crippen molar-refractivity contribution in [3.63, 3.8) is 0 Å². The van der Waals surface area contributed by atoms with E-state index in [1.165, 1.54) is 0 Å². The molecule has 0 bridgehead atoms. The summed E-state index contributed by atoms with van der Waals surface area (Å²) < 4.78 is 8.89. The van der Waals surface area contributed by atoms with Gasteiger partial charge in [-0.1, -0.05) is 0 Å². The number of carbonyl (C=O) groups is 1. The number of anilines is 1. The maximum atomic E-state index is 12.5. The molecular formula is C18H26N4O3. The van der Waals surface area contributed by atoms with Gasteiger partial charge in [0.25, 0.3) is 0 Å². The summed E-state index contributed by atoms with van der Waals surface area (Å²) in [7, 11) is 0. The van der Waals surface area contributed by atoms with Crippen LogP contribution in [0.4, 0.5) is 5.69 Å². The van der Waals surface area contributed by atoms with E-state index in [4.69, 9.17) is 4.74 Å². The lowest BCUT2D eigenvalue weighted by atomic mass is 10.1. The van der Waals surface area contributed by atoms with Crippen LogP contribution < -0.4 is 16.3 Å². The second kappa shape index (κ2) is 7.41. The number of imidazole rings is 1. The SMILES string of the molecule is CCn1c(=O)n(CC)c2cc(NC(=O)CC3COCCN3)c(C)cc21. The molecule has 0 spiro atoms. The normalized spacial score (nSPS) is 17.8. The fourth-order valence-corrected chi connectivity index (χ4v) is 3.39. The molecule has 1 aromatic carbocycles. The molecule has 1 unspecified atom stereocenters. The summed E-state index contributed by atoms with van der Waals surface area (Å²) in [4.78, 5) is 24.8. The Morgan fingerprint density at radius 1 is 1.28 bits per heavy atom. The second-order valence-electron chi connectivity index (χ2n) is 6.41. The molecule has 1 amide bonds. The average Bonchev–Trinajstić information content (AvgIpc) is 2.85. The van der Waals surface area contributed by atoms with E-state index < -0.39 is 0 Å². The lowest BCUT2D eigenvalue weighted by molar-refractivity contribution is -0.117. The summed E-state index contributed by atoms with van der Waals surface area (Å²) in [5, 5.41) is 6.27. The molecule has 7 heteroatoms. The molecule has 0 saturated carbocycles. The summed E-state index contributed by atoms with van der Waals surface area (Å²) in [6.45, 7) is 9.11. The Kier molecular flexibility index (Phi) is 5.24. The molecule has 1 saturated heterocycles. The molecule has 1 aromatic heterocycles. The van der Waals surface area contributed by atoms with Gasteiger partial charge in [-0.2, -0.15) is 0 Å². The van der Waals surface area contributed by atoms with Crippen molar-refractivity contribution in [3.05, 3.63) is 28.2 Å². The summed E-state index contributed by atoms with van der Waals surface area (Å²) in [5.41, 5.74) is 3.46. The van der Waals surface area contributed by atoms with Crippen molar-refractivity contribution in [2.75, 3.05) is 25.1 Å². The number of morpholine rings is 1. The van der Waals surface area contributed by atoms with E-state index in [-0.39, 0.29) is 17.6 Å². The number of hydrogen-bond acceptors (Lipinski definition) is 4. The highest BCUT2D eigenvalue weighted by Gasteiger charge is 2.18. The van der Waals surface area contributed by atoms with Gasteiger partial charge in [0, 0.05) is 37.8 Å². The molecule has 136 valence electrons. The third kappa shape index (κ3) is 3.48. The van der Waals surface area contributed by atoms with Crippen LogP contribution in [0.3, 0.4) is 0 Å². The number of nitrogens with zero attached hydrogens (tertiary/aromatic N) is 2. The van der Waals surface area contributed by atoms with Crippen molar-refractivity contribution < 1.29 is 9.53 Å². The molecule has 2 heterocycles. The Bertz CT molecular complexity index is 831. The molecule has 1 atom stereocenters. The van der Waals surface area contributed by atoms with Crippen LogP contribution in [0.25, 0.3) is 11.0 Å². The van der Waals surface area contributed by atoms with Gasteiger partial charge in [0.15, 0.2) is 0 Å². The molecule has 3 rings (SSSR count). The van der Waals surface area contributed by atoms with Crippen LogP contribution in [0.2, 0.25) is 0 Å². The highest BCUT2D eigenvalue weighted by molar-refractivity contribution is 5.94. The maximum Gasteiger partial charge on any atom is 0.329 e. The van der Waals surface area contributed by atoms with Crippen LogP contribution in [0.1, 0.15) is 25.8 Å². The number of benzene rings is 1. The van der Waals surface area contributed by atoms with Crippen molar-refractivity contribution in [2.24, 2.45) is 0 Å². The first-order valence-corrected chi connectivity index (χ1v) is 8.89. The summed E-state index contributed by atoms with van der Waals surface area (Å²) in [5.74, 6) is -0.0502. The molecule has 2 aromatic rings. The number of rotatable bonds is 5. The number of hydrogen-bond donors (Lipinski definition) is 2. The second-order valence-corrected chi connectivity index (χ2v) is 6.41. The third-order valence-electron chi connectivity index (χ3n) is 4.70. The maximum absolute atomic E-state index is 12.5. The number of nitrogens with one attached hydrogen (secondary N) is 2. The number of amides is 1. The van der Waals surface area contributed by atoms with Crippen molar-refractivity contribution in [1.82, 2.24) is 14.5 Å². The van der Waals surface area contributed by atoms with Crippen LogP contribution in [0, 0.1) is 6.92 Å². The van der Waals surface area contributed by atoms with E-state index in [1.807, 2.05) is 32.9 Å². The van der Waals surface area contributed by atoms with Crippen LogP contribution in [-0.4, -0.2) is 40.8 Å². The first kappa shape index (κ1) is 17.7. The van der Waals surface area contributed by atoms with Crippen molar-refractivity contribution in [3.8, 4) is 0 Å². The minimum Gasteiger partial charge on any atom is -0.378 e. The van der Waals surface area contributed by atoms with E-state index >= 15 is 0 Å². The van der Waals surface area contributed by atoms with Crippen molar-refractivity contribution in [2.45, 2.75) is 46.3 Å². The average molecular weight is 346 g/mol. The summed E-state index contributed by atoms with van der Waals surface area (Å²) >= 11 is 0. The quantitative estimate of drug-likeness (QED) is 0.859. The molecule has 0 aliphatic carbocycles. The monoisotopic (exact) mass is 346 g/mol. The fourth-order valence-electron chi connectivity index (χ4n) is 3.39. The number of aryl methyl sites for hydroxylation is 3. The minimum absolute atomic E-state index is 0.00793. The Balaban J connectivity index is 1.87. The van der Waals surface area contributed by atoms with Gasteiger partial charge < -0.3 is 15.4 Å². The third-order valence-corrected chi connectivity index (χ3v) is 4.70. The summed E-state index contributed by atoms with van der Waals surface area (Å²) in [6.07, 6.45) is 0.369. The van der Waals surface area contributed by atoms with Gasteiger partial charge in [0.1, 0.15) is 0 Å². The highest BCUT2D eigenvalue weighted by atomic mass is 16.5. The van der Waals surface area contributed by atoms with E-state index in [9.17, 15) is 9.59 Å². The van der Waals surface area contributed by atoms with Crippen LogP contribution >= 0.6 is 0 Å². The molecule has 1 fully saturated rings. The smallest absolute Gasteiger partial charge is 0.329 e. The Morgan fingerprint density at radius 3 is 2.56 bits per heavy atom. The van der Waals surface area contributed by atoms with Crippen LogP contribution in [0.5, 0.6) is 0 Å². The first-order chi connectivity index (χ1) is 12.0. The van der Waals surface area contributed by atoms with Gasteiger partial charge in [-0.05, 0) is 38.5 Å². The number of ether oxygens (including phenoxy) is 1. The number of aromatic nitrogens is 2. The molecule has 0 radical (unpaired) electrons. The van der Waals surface area contributed by atoms with E-state index in [0.717, 1.165) is 28.8 Å². The zero-order valence-electron chi connectivity index (χ0n) is 15.1. The van der Waals surface area contributed by atoms with Gasteiger partial charge in [0.05, 0.1) is 24.2 Å². The zero-order chi connectivity index (χ0) is 18.0. The van der Waals surface area contributed by atoms with Crippen molar-refractivity contribution in [1.29, 1.82) is 0 Å². The molecule has 1 aliphatic rings. The van der Waals surface area contributed by atoms with E-state index in [0.29, 0.717) is 32.7 Å². The molecule has 2 N–H and O–H groups in total. The largest absolute Gasteiger partial charge is 0.378 e. The standard InChI is InChI=1S/C18H26N4O3/c1-4-21-15-8-12(3)14(10-16(15)22(5-2)18(21)24)20-17(23)9-13-11-25-7-6-19-13/h8,10,13,19H,4-7,9,11H2,1-3H3,(H,20,23). The first-order valence-electron chi connectivity index (χ1n) is 8.89. The van der Waals surface area contributed by atoms with Gasteiger partial charge >= 0.3 is 5.69 Å². The Hall–Kier alpha value is -2.12. The van der Waals surface area contributed by atoms with E-state index in [1.54, 1.807) is 9.13 Å². The molecule has 25 heavy (non-hydrogen) atoms. The lowest BCUT2D eigenvalue weighted by Gasteiger charge is -2.23. The van der Waals surface area contributed by atoms with E-state index in [2.05, 4.69) is 10.6 Å². The molecular weight excluding hydrogens is 320 g/mol. The van der Waals surface area contributed by atoms with Crippen molar-refractivity contribution >= 4 is 22.6 Å². The van der Waals surface area contributed by atoms with Gasteiger partial charge in [-0.25, -0.2) is 4.79 Å². The van der Waals surface area contributed by atoms with Crippen LogP contribution in [0.15, 0.2) is 16.9 Å². The summed E-state index contributed by atoms with van der Waals surface area (Å²) in [6, 6.07) is 3.93. The Labute approximate surface area is 147 Å². The Morgan fingerprint density at radius 2 is 1.96 bits per heavy atom. The van der Waals surface area contributed by atoms with Gasteiger partial charge in [-0.3, -0.25) is 13.9 Å². The number of carbonyl (C=O) groups excluding carboxylic acids is 1.